The van der Waals surface area contributed by atoms with Gasteiger partial charge >= 0.3 is 0 Å². The van der Waals surface area contributed by atoms with E-state index < -0.39 is 0 Å². The second-order valence-corrected chi connectivity index (χ2v) is 8.19. The monoisotopic (exact) mass is 477 g/mol. The van der Waals surface area contributed by atoms with Gasteiger partial charge in [0, 0.05) is 11.4 Å². The van der Waals surface area contributed by atoms with Crippen molar-refractivity contribution in [3.63, 3.8) is 0 Å². The Balaban J connectivity index is 1.52. The van der Waals surface area contributed by atoms with E-state index in [1.807, 2.05) is 19.1 Å². The first-order valence-corrected chi connectivity index (χ1v) is 11.2. The highest BCUT2D eigenvalue weighted by molar-refractivity contribution is 7.99. The number of anilines is 1. The van der Waals surface area contributed by atoms with Crippen molar-refractivity contribution in [3.05, 3.63) is 71.2 Å². The highest BCUT2D eigenvalue weighted by Crippen LogP contribution is 2.32. The average molecular weight is 478 g/mol. The van der Waals surface area contributed by atoms with Crippen molar-refractivity contribution >= 4 is 23.5 Å². The Morgan fingerprint density at radius 3 is 2.65 bits per heavy atom. The number of para-hydroxylation sites is 1. The number of halogens is 1. The molecule has 0 aliphatic heterocycles. The number of aromatic nitrogens is 3. The van der Waals surface area contributed by atoms with Crippen molar-refractivity contribution < 1.29 is 18.3 Å². The SMILES string of the molecule is COc1ccccc1-c1nnc(SCC(=O)Nc2c(C#N)c(C)c(C)n2-c2ccc(F)cc2)o1. The molecule has 10 heteroatoms. The Morgan fingerprint density at radius 2 is 1.94 bits per heavy atom. The van der Waals surface area contributed by atoms with E-state index >= 15 is 0 Å². The number of carbonyl (C=O) groups excluding carboxylic acids is 1. The number of amides is 1. The van der Waals surface area contributed by atoms with E-state index in [2.05, 4.69) is 21.6 Å². The summed E-state index contributed by atoms with van der Waals surface area (Å²) in [5.74, 6) is 0.444. The van der Waals surface area contributed by atoms with Gasteiger partial charge in [0.05, 0.1) is 24.0 Å². The van der Waals surface area contributed by atoms with Gasteiger partial charge in [0.15, 0.2) is 0 Å². The molecule has 4 rings (SSSR count). The van der Waals surface area contributed by atoms with Gasteiger partial charge < -0.3 is 14.5 Å². The summed E-state index contributed by atoms with van der Waals surface area (Å²) in [5, 5.41) is 20.7. The molecule has 172 valence electrons. The molecule has 0 spiro atoms. The Kier molecular flexibility index (Phi) is 6.65. The van der Waals surface area contributed by atoms with Crippen LogP contribution in [0.2, 0.25) is 0 Å². The van der Waals surface area contributed by atoms with Gasteiger partial charge in [0.2, 0.25) is 5.91 Å². The van der Waals surface area contributed by atoms with E-state index in [1.54, 1.807) is 42.9 Å². The Bertz CT molecular complexity index is 1390. The van der Waals surface area contributed by atoms with Crippen molar-refractivity contribution in [2.75, 3.05) is 18.2 Å². The lowest BCUT2D eigenvalue weighted by Gasteiger charge is -2.13. The fourth-order valence-corrected chi connectivity index (χ4v) is 4.03. The van der Waals surface area contributed by atoms with Crippen LogP contribution >= 0.6 is 11.8 Å². The standard InChI is InChI=1S/C24H20FN5O3S/c1-14-15(2)30(17-10-8-16(25)9-11-17)22(19(14)12-26)27-21(31)13-34-24-29-28-23(33-24)18-6-4-5-7-20(18)32-3/h4-11H,13H2,1-3H3,(H,27,31). The first-order chi connectivity index (χ1) is 16.4. The van der Waals surface area contributed by atoms with Gasteiger partial charge in [-0.25, -0.2) is 4.39 Å². The molecule has 0 aliphatic carbocycles. The summed E-state index contributed by atoms with van der Waals surface area (Å²) in [7, 11) is 1.55. The van der Waals surface area contributed by atoms with Gasteiger partial charge in [-0.3, -0.25) is 9.36 Å². The number of nitrogens with one attached hydrogen (secondary N) is 1. The van der Waals surface area contributed by atoms with Crippen molar-refractivity contribution in [1.82, 2.24) is 14.8 Å². The quantitative estimate of drug-likeness (QED) is 0.378. The minimum Gasteiger partial charge on any atom is -0.496 e. The van der Waals surface area contributed by atoms with Crippen LogP contribution in [0.4, 0.5) is 10.2 Å². The lowest BCUT2D eigenvalue weighted by atomic mass is 10.2. The lowest BCUT2D eigenvalue weighted by molar-refractivity contribution is -0.113. The smallest absolute Gasteiger partial charge is 0.277 e. The third kappa shape index (κ3) is 4.51. The Hall–Kier alpha value is -4.10. The summed E-state index contributed by atoms with van der Waals surface area (Å²) in [5.41, 5.74) is 3.12. The highest BCUT2D eigenvalue weighted by atomic mass is 32.2. The number of thioether (sulfide) groups is 1. The molecule has 2 aromatic carbocycles. The summed E-state index contributed by atoms with van der Waals surface area (Å²) in [6.45, 7) is 3.64. The maximum atomic E-state index is 13.4. The molecule has 8 nitrogen and oxygen atoms in total. The maximum absolute atomic E-state index is 13.4. The summed E-state index contributed by atoms with van der Waals surface area (Å²) < 4.78 is 26.1. The molecule has 0 saturated heterocycles. The molecule has 2 aromatic heterocycles. The summed E-state index contributed by atoms with van der Waals surface area (Å²) in [6.07, 6.45) is 0. The van der Waals surface area contributed by atoms with Crippen LogP contribution in [0.25, 0.3) is 17.1 Å². The summed E-state index contributed by atoms with van der Waals surface area (Å²) in [6, 6.07) is 15.2. The van der Waals surface area contributed by atoms with E-state index in [0.29, 0.717) is 28.4 Å². The Morgan fingerprint density at radius 1 is 1.21 bits per heavy atom. The fourth-order valence-electron chi connectivity index (χ4n) is 3.47. The summed E-state index contributed by atoms with van der Waals surface area (Å²) >= 11 is 1.07. The van der Waals surface area contributed by atoms with Gasteiger partial charge in [0.25, 0.3) is 11.1 Å². The minimum absolute atomic E-state index is 0.0227. The number of nitrogens with zero attached hydrogens (tertiary/aromatic N) is 4. The third-order valence-electron chi connectivity index (χ3n) is 5.24. The summed E-state index contributed by atoms with van der Waals surface area (Å²) in [4.78, 5) is 12.8. The number of rotatable bonds is 7. The molecular weight excluding hydrogens is 457 g/mol. The molecule has 0 radical (unpaired) electrons. The van der Waals surface area contributed by atoms with E-state index in [0.717, 1.165) is 23.0 Å². The molecule has 0 aliphatic rings. The molecule has 0 fully saturated rings. The van der Waals surface area contributed by atoms with Crippen LogP contribution in [0.3, 0.4) is 0 Å². The average Bonchev–Trinajstić information content (AvgIpc) is 3.41. The van der Waals surface area contributed by atoms with Crippen LogP contribution < -0.4 is 10.1 Å². The number of carbonyl (C=O) groups is 1. The van der Waals surface area contributed by atoms with Crippen LogP contribution in [0.15, 0.2) is 58.2 Å². The van der Waals surface area contributed by atoms with Crippen LogP contribution in [-0.4, -0.2) is 33.5 Å². The Labute approximate surface area is 199 Å². The van der Waals surface area contributed by atoms with Crippen LogP contribution in [0.1, 0.15) is 16.8 Å². The van der Waals surface area contributed by atoms with Gasteiger partial charge in [-0.15, -0.1) is 10.2 Å². The number of benzene rings is 2. The molecule has 4 aromatic rings. The molecule has 2 heterocycles. The highest BCUT2D eigenvalue weighted by Gasteiger charge is 2.21. The first kappa shape index (κ1) is 23.1. The fraction of sp³-hybridized carbons (Fsp3) is 0.167. The van der Waals surface area contributed by atoms with Crippen molar-refractivity contribution in [1.29, 1.82) is 5.26 Å². The van der Waals surface area contributed by atoms with Crippen molar-refractivity contribution in [2.45, 2.75) is 19.1 Å². The molecule has 0 atom stereocenters. The predicted octanol–water partition coefficient (Wildman–Crippen LogP) is 4.89. The maximum Gasteiger partial charge on any atom is 0.277 e. The van der Waals surface area contributed by atoms with Crippen LogP contribution in [0, 0.1) is 31.0 Å². The molecule has 0 unspecified atom stereocenters. The number of nitriles is 1. The topological polar surface area (TPSA) is 106 Å². The van der Waals surface area contributed by atoms with E-state index in [4.69, 9.17) is 9.15 Å². The molecule has 0 saturated carbocycles. The molecule has 1 N–H and O–H groups in total. The predicted molar refractivity (Wildman–Crippen MR) is 126 cm³/mol. The van der Waals surface area contributed by atoms with E-state index in [1.165, 1.54) is 12.1 Å². The lowest BCUT2D eigenvalue weighted by Crippen LogP contribution is -2.17. The molecule has 1 amide bonds. The second-order valence-electron chi connectivity index (χ2n) is 7.27. The van der Waals surface area contributed by atoms with Crippen LogP contribution in [-0.2, 0) is 4.79 Å². The van der Waals surface area contributed by atoms with Gasteiger partial charge in [0.1, 0.15) is 23.5 Å². The minimum atomic E-state index is -0.375. The van der Waals surface area contributed by atoms with Gasteiger partial charge in [-0.05, 0) is 55.8 Å². The third-order valence-corrected chi connectivity index (χ3v) is 6.06. The van der Waals surface area contributed by atoms with Crippen LogP contribution in [0.5, 0.6) is 5.75 Å². The number of ether oxygens (including phenoxy) is 1. The largest absolute Gasteiger partial charge is 0.496 e. The van der Waals surface area contributed by atoms with Crippen molar-refractivity contribution in [3.8, 4) is 29.0 Å². The van der Waals surface area contributed by atoms with E-state index in [9.17, 15) is 14.4 Å². The second kappa shape index (κ2) is 9.80. The van der Waals surface area contributed by atoms with Gasteiger partial charge in [-0.1, -0.05) is 23.9 Å². The number of hydrogen-bond donors (Lipinski definition) is 1. The normalized spacial score (nSPS) is 10.7. The zero-order valence-electron chi connectivity index (χ0n) is 18.6. The zero-order chi connectivity index (χ0) is 24.2. The zero-order valence-corrected chi connectivity index (χ0v) is 19.4. The van der Waals surface area contributed by atoms with Crippen molar-refractivity contribution in [2.24, 2.45) is 0 Å². The van der Waals surface area contributed by atoms with E-state index in [-0.39, 0.29) is 28.6 Å². The number of methoxy groups -OCH3 is 1. The number of hydrogen-bond acceptors (Lipinski definition) is 7. The molecular formula is C24H20FN5O3S. The van der Waals surface area contributed by atoms with Gasteiger partial charge in [-0.2, -0.15) is 5.26 Å². The molecule has 0 bridgehead atoms. The molecule has 34 heavy (non-hydrogen) atoms. The first-order valence-electron chi connectivity index (χ1n) is 10.2.